The van der Waals surface area contributed by atoms with E-state index in [1.807, 2.05) is 6.07 Å². The Hall–Kier alpha value is -2.48. The minimum Gasteiger partial charge on any atom is -0.508 e. The van der Waals surface area contributed by atoms with E-state index < -0.39 is 5.91 Å². The first-order chi connectivity index (χ1) is 10.5. The summed E-state index contributed by atoms with van der Waals surface area (Å²) in [6.45, 7) is 0. The number of carbonyl (C=O) groups excluding carboxylic acids is 1. The maximum Gasteiger partial charge on any atom is 0.266 e. The fourth-order valence-electron chi connectivity index (χ4n) is 1.68. The highest BCUT2D eigenvalue weighted by Gasteiger charge is 2.12. The van der Waals surface area contributed by atoms with E-state index in [9.17, 15) is 9.90 Å². The third-order valence-corrected chi connectivity index (χ3v) is 3.44. The first-order valence-corrected chi connectivity index (χ1v) is 6.93. The fraction of sp³-hybridized carbons (Fsp3) is 0. The molecular formula is C16H10Cl2N2O2. The number of benzene rings is 2. The number of hydrogen-bond donors (Lipinski definition) is 2. The van der Waals surface area contributed by atoms with Crippen LogP contribution in [0.25, 0.3) is 6.08 Å². The fourth-order valence-corrected chi connectivity index (χ4v) is 2.19. The van der Waals surface area contributed by atoms with Crippen LogP contribution >= 0.6 is 23.2 Å². The van der Waals surface area contributed by atoms with Crippen molar-refractivity contribution in [2.75, 3.05) is 5.32 Å². The normalized spacial score (nSPS) is 10.9. The van der Waals surface area contributed by atoms with Crippen LogP contribution in [-0.4, -0.2) is 11.0 Å². The largest absolute Gasteiger partial charge is 0.508 e. The number of carbonyl (C=O) groups is 1. The van der Waals surface area contributed by atoms with Crippen molar-refractivity contribution in [2.45, 2.75) is 0 Å². The number of hydrogen-bond acceptors (Lipinski definition) is 3. The number of rotatable bonds is 3. The summed E-state index contributed by atoms with van der Waals surface area (Å²) >= 11 is 12.0. The van der Waals surface area contributed by atoms with Crippen LogP contribution < -0.4 is 5.32 Å². The smallest absolute Gasteiger partial charge is 0.266 e. The third-order valence-electron chi connectivity index (χ3n) is 2.78. The molecule has 0 heterocycles. The number of phenolic OH excluding ortho intramolecular Hbond substituents is 1. The molecule has 0 atom stereocenters. The van der Waals surface area contributed by atoms with Crippen LogP contribution in [0.3, 0.4) is 0 Å². The number of aromatic hydroxyl groups is 1. The summed E-state index contributed by atoms with van der Waals surface area (Å²) in [5.41, 5.74) is 0.723. The van der Waals surface area contributed by atoms with Crippen molar-refractivity contribution in [1.82, 2.24) is 0 Å². The van der Waals surface area contributed by atoms with Gasteiger partial charge in [0.25, 0.3) is 5.91 Å². The molecule has 0 aliphatic rings. The lowest BCUT2D eigenvalue weighted by Gasteiger charge is -2.06. The molecule has 0 aliphatic heterocycles. The Kier molecular flexibility index (Phi) is 5.05. The molecule has 0 bridgehead atoms. The molecule has 2 aromatic rings. The van der Waals surface area contributed by atoms with Crippen molar-refractivity contribution < 1.29 is 9.90 Å². The molecule has 0 saturated heterocycles. The van der Waals surface area contributed by atoms with E-state index >= 15 is 0 Å². The molecule has 0 aliphatic carbocycles. The van der Waals surface area contributed by atoms with Crippen LogP contribution in [0.1, 0.15) is 5.56 Å². The lowest BCUT2D eigenvalue weighted by molar-refractivity contribution is -0.112. The average molecular weight is 333 g/mol. The van der Waals surface area contributed by atoms with E-state index in [0.717, 1.165) is 0 Å². The first kappa shape index (κ1) is 15.9. The molecule has 4 nitrogen and oxygen atoms in total. The minimum atomic E-state index is -0.593. The van der Waals surface area contributed by atoms with Gasteiger partial charge in [0.15, 0.2) is 0 Å². The van der Waals surface area contributed by atoms with Gasteiger partial charge in [0, 0.05) is 21.3 Å². The molecular weight excluding hydrogens is 323 g/mol. The number of halogens is 2. The van der Waals surface area contributed by atoms with Crippen LogP contribution in [-0.2, 0) is 4.79 Å². The molecule has 2 rings (SSSR count). The number of phenols is 1. The van der Waals surface area contributed by atoms with Crippen LogP contribution in [0.4, 0.5) is 5.69 Å². The zero-order chi connectivity index (χ0) is 16.1. The Balaban J connectivity index is 2.28. The van der Waals surface area contributed by atoms with E-state index in [4.69, 9.17) is 28.5 Å². The summed E-state index contributed by atoms with van der Waals surface area (Å²) in [6, 6.07) is 12.6. The second kappa shape index (κ2) is 6.99. The Morgan fingerprint density at radius 2 is 1.73 bits per heavy atom. The molecule has 6 heteroatoms. The monoisotopic (exact) mass is 332 g/mol. The maximum absolute atomic E-state index is 12.1. The van der Waals surface area contributed by atoms with Gasteiger partial charge in [-0.25, -0.2) is 0 Å². The van der Waals surface area contributed by atoms with Gasteiger partial charge in [-0.2, -0.15) is 5.26 Å². The summed E-state index contributed by atoms with van der Waals surface area (Å²) in [6.07, 6.45) is 1.33. The highest BCUT2D eigenvalue weighted by Crippen LogP contribution is 2.27. The molecule has 0 fully saturated rings. The first-order valence-electron chi connectivity index (χ1n) is 6.17. The average Bonchev–Trinajstić information content (AvgIpc) is 2.49. The number of nitrogens with zero attached hydrogens (tertiary/aromatic N) is 1. The van der Waals surface area contributed by atoms with E-state index in [1.54, 1.807) is 18.2 Å². The standard InChI is InChI=1S/C16H10Cl2N2O2/c17-14-2-1-3-15(18)13(14)8-10(9-19)16(22)20-11-4-6-12(21)7-5-11/h1-8,21H,(H,20,22)/b10-8+. The Bertz CT molecular complexity index is 757. The molecule has 1 amide bonds. The zero-order valence-electron chi connectivity index (χ0n) is 11.2. The molecule has 2 aromatic carbocycles. The highest BCUT2D eigenvalue weighted by atomic mass is 35.5. The van der Waals surface area contributed by atoms with E-state index in [-0.39, 0.29) is 11.3 Å². The molecule has 0 unspecified atom stereocenters. The quantitative estimate of drug-likeness (QED) is 0.501. The predicted octanol–water partition coefficient (Wildman–Crippen LogP) is 4.24. The predicted molar refractivity (Wildman–Crippen MR) is 86.8 cm³/mol. The lowest BCUT2D eigenvalue weighted by atomic mass is 10.1. The van der Waals surface area contributed by atoms with Crippen molar-refractivity contribution in [3.05, 3.63) is 63.6 Å². The van der Waals surface area contributed by atoms with Crippen LogP contribution in [0, 0.1) is 11.3 Å². The van der Waals surface area contributed by atoms with Crippen molar-refractivity contribution >= 4 is 40.9 Å². The summed E-state index contributed by atoms with van der Waals surface area (Å²) < 4.78 is 0. The molecule has 0 spiro atoms. The van der Waals surface area contributed by atoms with E-state index in [1.165, 1.54) is 30.3 Å². The van der Waals surface area contributed by atoms with Gasteiger partial charge < -0.3 is 10.4 Å². The topological polar surface area (TPSA) is 73.1 Å². The van der Waals surface area contributed by atoms with Crippen LogP contribution in [0.5, 0.6) is 5.75 Å². The van der Waals surface area contributed by atoms with Crippen molar-refractivity contribution in [3.8, 4) is 11.8 Å². The zero-order valence-corrected chi connectivity index (χ0v) is 12.7. The van der Waals surface area contributed by atoms with Crippen LogP contribution in [0.15, 0.2) is 48.0 Å². The Morgan fingerprint density at radius 1 is 1.14 bits per heavy atom. The summed E-state index contributed by atoms with van der Waals surface area (Å²) in [5, 5.41) is 21.6. The lowest BCUT2D eigenvalue weighted by Crippen LogP contribution is -2.13. The molecule has 110 valence electrons. The Morgan fingerprint density at radius 3 is 2.27 bits per heavy atom. The second-order valence-electron chi connectivity index (χ2n) is 4.31. The third kappa shape index (κ3) is 3.79. The molecule has 0 saturated carbocycles. The van der Waals surface area contributed by atoms with Gasteiger partial charge in [-0.05, 0) is 42.5 Å². The molecule has 22 heavy (non-hydrogen) atoms. The van der Waals surface area contributed by atoms with Gasteiger partial charge in [-0.3, -0.25) is 4.79 Å². The number of anilines is 1. The van der Waals surface area contributed by atoms with Gasteiger partial charge in [0.1, 0.15) is 17.4 Å². The second-order valence-corrected chi connectivity index (χ2v) is 5.12. The molecule has 0 radical (unpaired) electrons. The van der Waals surface area contributed by atoms with Crippen LogP contribution in [0.2, 0.25) is 10.0 Å². The highest BCUT2D eigenvalue weighted by molar-refractivity contribution is 6.37. The number of nitriles is 1. The summed E-state index contributed by atoms with van der Waals surface area (Å²) in [7, 11) is 0. The summed E-state index contributed by atoms with van der Waals surface area (Å²) in [5.74, 6) is -0.513. The van der Waals surface area contributed by atoms with Gasteiger partial charge in [-0.1, -0.05) is 29.3 Å². The SMILES string of the molecule is N#C/C(=C\c1c(Cl)cccc1Cl)C(=O)Nc1ccc(O)cc1. The molecule has 0 aromatic heterocycles. The van der Waals surface area contributed by atoms with Gasteiger partial charge in [-0.15, -0.1) is 0 Å². The minimum absolute atomic E-state index is 0.0805. The molecule has 2 N–H and O–H groups in total. The summed E-state index contributed by atoms with van der Waals surface area (Å²) in [4.78, 5) is 12.1. The van der Waals surface area contributed by atoms with Crippen molar-refractivity contribution in [1.29, 1.82) is 5.26 Å². The Labute approximate surface area is 137 Å². The van der Waals surface area contributed by atoms with Crippen molar-refractivity contribution in [2.24, 2.45) is 0 Å². The maximum atomic E-state index is 12.1. The number of nitrogens with one attached hydrogen (secondary N) is 1. The van der Waals surface area contributed by atoms with Crippen molar-refractivity contribution in [3.63, 3.8) is 0 Å². The van der Waals surface area contributed by atoms with Gasteiger partial charge >= 0.3 is 0 Å². The van der Waals surface area contributed by atoms with E-state index in [0.29, 0.717) is 21.3 Å². The van der Waals surface area contributed by atoms with Gasteiger partial charge in [0.2, 0.25) is 0 Å². The number of amides is 1. The van der Waals surface area contributed by atoms with E-state index in [2.05, 4.69) is 5.32 Å². The van der Waals surface area contributed by atoms with Gasteiger partial charge in [0.05, 0.1) is 0 Å².